The van der Waals surface area contributed by atoms with Crippen LogP contribution < -0.4 is 11.1 Å². The van der Waals surface area contributed by atoms with Gasteiger partial charge in [0.1, 0.15) is 0 Å². The van der Waals surface area contributed by atoms with Crippen molar-refractivity contribution in [1.29, 1.82) is 0 Å². The number of amides is 2. The minimum Gasteiger partial charge on any atom is -0.369 e. The topological polar surface area (TPSA) is 78.7 Å². The fraction of sp³-hybridized carbons (Fsp3) is 0.529. The molecule has 1 aromatic carbocycles. The Morgan fingerprint density at radius 1 is 1.39 bits per heavy atom. The zero-order valence-corrected chi connectivity index (χ0v) is 13.9. The molecule has 1 saturated heterocycles. The van der Waals surface area contributed by atoms with E-state index in [1.54, 1.807) is 18.9 Å². The van der Waals surface area contributed by atoms with Gasteiger partial charge in [-0.3, -0.25) is 19.4 Å². The van der Waals surface area contributed by atoms with Crippen molar-refractivity contribution < 1.29 is 9.59 Å². The van der Waals surface area contributed by atoms with Crippen LogP contribution in [0, 0.1) is 0 Å². The van der Waals surface area contributed by atoms with Gasteiger partial charge in [-0.1, -0.05) is 30.3 Å². The van der Waals surface area contributed by atoms with Gasteiger partial charge in [-0.15, -0.1) is 0 Å². The van der Waals surface area contributed by atoms with E-state index in [1.807, 2.05) is 18.2 Å². The van der Waals surface area contributed by atoms with Gasteiger partial charge in [0.2, 0.25) is 11.8 Å². The van der Waals surface area contributed by atoms with Gasteiger partial charge in [-0.2, -0.15) is 0 Å². The van der Waals surface area contributed by atoms with E-state index in [0.717, 1.165) is 26.1 Å². The van der Waals surface area contributed by atoms with Crippen molar-refractivity contribution in [2.75, 3.05) is 26.7 Å². The van der Waals surface area contributed by atoms with Crippen molar-refractivity contribution in [3.63, 3.8) is 0 Å². The number of likely N-dealkylation sites (N-methyl/N-ethyl adjacent to an activating group) is 1. The van der Waals surface area contributed by atoms with Crippen molar-refractivity contribution in [3.05, 3.63) is 35.9 Å². The summed E-state index contributed by atoms with van der Waals surface area (Å²) in [4.78, 5) is 27.2. The quantitative estimate of drug-likeness (QED) is 0.752. The molecule has 1 aromatic rings. The molecular weight excluding hydrogens is 292 g/mol. The van der Waals surface area contributed by atoms with Crippen molar-refractivity contribution in [2.45, 2.75) is 32.0 Å². The average Bonchev–Trinajstić information content (AvgIpc) is 2.93. The number of carbonyl (C=O) groups excluding carboxylic acids is 2. The van der Waals surface area contributed by atoms with Gasteiger partial charge < -0.3 is 11.1 Å². The first-order chi connectivity index (χ1) is 11.0. The summed E-state index contributed by atoms with van der Waals surface area (Å²) in [6.45, 7) is 4.61. The molecule has 6 heteroatoms. The molecule has 126 valence electrons. The third kappa shape index (κ3) is 5.33. The number of likely N-dealkylation sites (tertiary alicyclic amines) is 1. The molecule has 0 aliphatic carbocycles. The Labute approximate surface area is 137 Å². The number of hydrogen-bond donors (Lipinski definition) is 2. The highest BCUT2D eigenvalue weighted by Crippen LogP contribution is 2.13. The van der Waals surface area contributed by atoms with Crippen LogP contribution in [0.15, 0.2) is 30.3 Å². The summed E-state index contributed by atoms with van der Waals surface area (Å²) in [6, 6.07) is 10.1. The van der Waals surface area contributed by atoms with E-state index in [0.29, 0.717) is 0 Å². The van der Waals surface area contributed by atoms with E-state index in [2.05, 4.69) is 22.3 Å². The third-order valence-electron chi connectivity index (χ3n) is 4.31. The van der Waals surface area contributed by atoms with Gasteiger partial charge >= 0.3 is 0 Å². The molecule has 1 fully saturated rings. The lowest BCUT2D eigenvalue weighted by Crippen LogP contribution is -2.49. The molecule has 23 heavy (non-hydrogen) atoms. The second-order valence-corrected chi connectivity index (χ2v) is 6.27. The number of nitrogens with two attached hydrogens (primary N) is 1. The summed E-state index contributed by atoms with van der Waals surface area (Å²) in [6.07, 6.45) is 0.949. The largest absolute Gasteiger partial charge is 0.369 e. The molecule has 0 saturated carbocycles. The van der Waals surface area contributed by atoms with Gasteiger partial charge in [0.25, 0.3) is 0 Å². The van der Waals surface area contributed by atoms with E-state index >= 15 is 0 Å². The van der Waals surface area contributed by atoms with E-state index in [-0.39, 0.29) is 24.5 Å². The van der Waals surface area contributed by atoms with Crippen LogP contribution in [0.4, 0.5) is 0 Å². The highest BCUT2D eigenvalue weighted by Gasteiger charge is 2.27. The van der Waals surface area contributed by atoms with Crippen LogP contribution in [0.1, 0.15) is 18.9 Å². The monoisotopic (exact) mass is 318 g/mol. The van der Waals surface area contributed by atoms with E-state index < -0.39 is 5.91 Å². The van der Waals surface area contributed by atoms with Gasteiger partial charge in [-0.05, 0) is 26.0 Å². The number of carbonyl (C=O) groups is 2. The Hall–Kier alpha value is -1.92. The average molecular weight is 318 g/mol. The third-order valence-corrected chi connectivity index (χ3v) is 4.31. The maximum Gasteiger partial charge on any atom is 0.237 e. The maximum absolute atomic E-state index is 12.3. The normalized spacial score (nSPS) is 19.7. The Bertz CT molecular complexity index is 535. The molecule has 2 rings (SSSR count). The number of nitrogens with one attached hydrogen (secondary N) is 1. The Kier molecular flexibility index (Phi) is 6.12. The molecule has 6 nitrogen and oxygen atoms in total. The molecule has 3 N–H and O–H groups in total. The lowest BCUT2D eigenvalue weighted by atomic mass is 10.2. The predicted octanol–water partition coefficient (Wildman–Crippen LogP) is 0.183. The van der Waals surface area contributed by atoms with Crippen LogP contribution in [0.25, 0.3) is 0 Å². The molecule has 0 spiro atoms. The standard InChI is InChI=1S/C17H26N4O2/c1-13(20(2)12-16(18)22)17(23)19-15-8-9-21(11-15)10-14-6-4-3-5-7-14/h3-7,13,15H,8-12H2,1-2H3,(H2,18,22)(H,19,23). The van der Waals surface area contributed by atoms with Gasteiger partial charge in [0.05, 0.1) is 12.6 Å². The Balaban J connectivity index is 1.78. The van der Waals surface area contributed by atoms with Crippen molar-refractivity contribution in [1.82, 2.24) is 15.1 Å². The second kappa shape index (κ2) is 8.08. The molecule has 1 heterocycles. The summed E-state index contributed by atoms with van der Waals surface area (Å²) in [5.41, 5.74) is 6.45. The first-order valence-electron chi connectivity index (χ1n) is 8.01. The molecule has 1 aliphatic rings. The predicted molar refractivity (Wildman–Crippen MR) is 89.6 cm³/mol. The SMILES string of the molecule is CC(C(=O)NC1CCN(Cc2ccccc2)C1)N(C)CC(N)=O. The smallest absolute Gasteiger partial charge is 0.237 e. The lowest BCUT2D eigenvalue weighted by molar-refractivity contribution is -0.127. The highest BCUT2D eigenvalue weighted by molar-refractivity contribution is 5.83. The summed E-state index contributed by atoms with van der Waals surface area (Å²) in [7, 11) is 1.73. The van der Waals surface area contributed by atoms with Gasteiger partial charge in [0.15, 0.2) is 0 Å². The Morgan fingerprint density at radius 3 is 2.74 bits per heavy atom. The molecule has 2 amide bonds. The summed E-state index contributed by atoms with van der Waals surface area (Å²) < 4.78 is 0. The molecule has 0 aromatic heterocycles. The van der Waals surface area contributed by atoms with E-state index in [1.165, 1.54) is 5.56 Å². The lowest BCUT2D eigenvalue weighted by Gasteiger charge is -2.24. The minimum absolute atomic E-state index is 0.0553. The first-order valence-corrected chi connectivity index (χ1v) is 8.01. The van der Waals surface area contributed by atoms with E-state index in [9.17, 15) is 9.59 Å². The molecule has 0 bridgehead atoms. The number of rotatable bonds is 7. The summed E-state index contributed by atoms with van der Waals surface area (Å²) in [5.74, 6) is -0.484. The maximum atomic E-state index is 12.3. The fourth-order valence-electron chi connectivity index (χ4n) is 2.84. The van der Waals surface area contributed by atoms with Crippen molar-refractivity contribution >= 4 is 11.8 Å². The Morgan fingerprint density at radius 2 is 2.09 bits per heavy atom. The highest BCUT2D eigenvalue weighted by atomic mass is 16.2. The summed E-state index contributed by atoms with van der Waals surface area (Å²) in [5, 5.41) is 3.07. The zero-order valence-electron chi connectivity index (χ0n) is 13.9. The molecular formula is C17H26N4O2. The molecule has 2 atom stereocenters. The van der Waals surface area contributed by atoms with Crippen LogP contribution in [-0.2, 0) is 16.1 Å². The van der Waals surface area contributed by atoms with Gasteiger partial charge in [0, 0.05) is 25.7 Å². The molecule has 2 unspecified atom stereocenters. The number of primary amides is 1. The molecule has 1 aliphatic heterocycles. The first kappa shape index (κ1) is 17.4. The van der Waals surface area contributed by atoms with Crippen LogP contribution in [0.3, 0.4) is 0 Å². The van der Waals surface area contributed by atoms with Crippen LogP contribution in [-0.4, -0.2) is 60.4 Å². The second-order valence-electron chi connectivity index (χ2n) is 6.27. The minimum atomic E-state index is -0.429. The fourth-order valence-corrected chi connectivity index (χ4v) is 2.84. The van der Waals surface area contributed by atoms with E-state index in [4.69, 9.17) is 5.73 Å². The number of nitrogens with zero attached hydrogens (tertiary/aromatic N) is 2. The number of benzene rings is 1. The molecule has 0 radical (unpaired) electrons. The zero-order chi connectivity index (χ0) is 16.8. The van der Waals surface area contributed by atoms with Crippen LogP contribution in [0.2, 0.25) is 0 Å². The van der Waals surface area contributed by atoms with Crippen molar-refractivity contribution in [2.24, 2.45) is 5.73 Å². The van der Waals surface area contributed by atoms with Crippen LogP contribution in [0.5, 0.6) is 0 Å². The number of hydrogen-bond acceptors (Lipinski definition) is 4. The summed E-state index contributed by atoms with van der Waals surface area (Å²) >= 11 is 0. The van der Waals surface area contributed by atoms with Crippen LogP contribution >= 0.6 is 0 Å². The van der Waals surface area contributed by atoms with Gasteiger partial charge in [-0.25, -0.2) is 0 Å². The van der Waals surface area contributed by atoms with Crippen molar-refractivity contribution in [3.8, 4) is 0 Å².